The molecule has 0 aliphatic carbocycles. The summed E-state index contributed by atoms with van der Waals surface area (Å²) in [6.45, 7) is 1.75. The Bertz CT molecular complexity index is 1340. The van der Waals surface area contributed by atoms with E-state index in [-0.39, 0.29) is 12.0 Å². The molecule has 1 saturated heterocycles. The lowest BCUT2D eigenvalue weighted by molar-refractivity contribution is -0.143. The van der Waals surface area contributed by atoms with E-state index in [0.29, 0.717) is 31.1 Å². The number of carboxylic acids is 1. The number of hydrogen-bond donors (Lipinski definition) is 1. The Morgan fingerprint density at radius 2 is 1.83 bits per heavy atom. The van der Waals surface area contributed by atoms with Crippen LogP contribution in [0.15, 0.2) is 85.1 Å². The van der Waals surface area contributed by atoms with Gasteiger partial charge in [0.2, 0.25) is 0 Å². The monoisotopic (exact) mass is 482 g/mol. The van der Waals surface area contributed by atoms with Crippen molar-refractivity contribution in [2.75, 3.05) is 20.2 Å². The van der Waals surface area contributed by atoms with Gasteiger partial charge in [-0.2, -0.15) is 0 Å². The SMILES string of the molecule is COc1cc(C(c2cnc3ccccc3c2)N2CCCC(C(=O)O)C2)ccc1OCc1ccccc1. The molecule has 6 heteroatoms. The van der Waals surface area contributed by atoms with E-state index in [0.717, 1.165) is 40.6 Å². The number of likely N-dealkylation sites (tertiary alicyclic amines) is 1. The fourth-order valence-electron chi connectivity index (χ4n) is 5.00. The summed E-state index contributed by atoms with van der Waals surface area (Å²) in [5.74, 6) is 0.193. The number of para-hydroxylation sites is 1. The van der Waals surface area contributed by atoms with Crippen molar-refractivity contribution in [2.45, 2.75) is 25.5 Å². The van der Waals surface area contributed by atoms with E-state index in [2.05, 4.69) is 17.0 Å². The number of carbonyl (C=O) groups is 1. The summed E-state index contributed by atoms with van der Waals surface area (Å²) in [5.41, 5.74) is 4.06. The van der Waals surface area contributed by atoms with Crippen molar-refractivity contribution in [3.63, 3.8) is 0 Å². The van der Waals surface area contributed by atoms with Gasteiger partial charge in [-0.25, -0.2) is 0 Å². The molecule has 2 atom stereocenters. The highest BCUT2D eigenvalue weighted by molar-refractivity contribution is 5.79. The second kappa shape index (κ2) is 10.8. The first-order valence-electron chi connectivity index (χ1n) is 12.3. The van der Waals surface area contributed by atoms with Crippen LogP contribution < -0.4 is 9.47 Å². The van der Waals surface area contributed by atoms with Crippen molar-refractivity contribution < 1.29 is 19.4 Å². The fraction of sp³-hybridized carbons (Fsp3) is 0.267. The largest absolute Gasteiger partial charge is 0.493 e. The summed E-state index contributed by atoms with van der Waals surface area (Å²) < 4.78 is 11.8. The normalized spacial score (nSPS) is 17.0. The van der Waals surface area contributed by atoms with Gasteiger partial charge < -0.3 is 14.6 Å². The highest BCUT2D eigenvalue weighted by Gasteiger charge is 2.32. The van der Waals surface area contributed by atoms with Gasteiger partial charge in [0.15, 0.2) is 11.5 Å². The van der Waals surface area contributed by atoms with Crippen molar-refractivity contribution in [3.05, 3.63) is 102 Å². The van der Waals surface area contributed by atoms with Crippen LogP contribution >= 0.6 is 0 Å². The quantitative estimate of drug-likeness (QED) is 0.347. The van der Waals surface area contributed by atoms with Crippen molar-refractivity contribution >= 4 is 16.9 Å². The predicted molar refractivity (Wildman–Crippen MR) is 139 cm³/mol. The number of benzene rings is 3. The molecule has 3 aromatic carbocycles. The Kier molecular flexibility index (Phi) is 7.14. The summed E-state index contributed by atoms with van der Waals surface area (Å²) in [7, 11) is 1.64. The number of hydrogen-bond acceptors (Lipinski definition) is 5. The van der Waals surface area contributed by atoms with Gasteiger partial charge in [-0.3, -0.25) is 14.7 Å². The summed E-state index contributed by atoms with van der Waals surface area (Å²) in [4.78, 5) is 18.8. The first kappa shape index (κ1) is 23.8. The van der Waals surface area contributed by atoms with Gasteiger partial charge in [0.25, 0.3) is 0 Å². The molecule has 2 unspecified atom stereocenters. The summed E-state index contributed by atoms with van der Waals surface area (Å²) >= 11 is 0. The minimum absolute atomic E-state index is 0.152. The summed E-state index contributed by atoms with van der Waals surface area (Å²) in [6, 6.07) is 26.1. The lowest BCUT2D eigenvalue weighted by Crippen LogP contribution is -2.41. The van der Waals surface area contributed by atoms with Crippen molar-refractivity contribution in [2.24, 2.45) is 5.92 Å². The van der Waals surface area contributed by atoms with E-state index < -0.39 is 5.97 Å². The number of rotatable bonds is 8. The zero-order valence-electron chi connectivity index (χ0n) is 20.3. The molecule has 1 aliphatic heterocycles. The van der Waals surface area contributed by atoms with Gasteiger partial charge in [-0.15, -0.1) is 0 Å². The molecule has 6 nitrogen and oxygen atoms in total. The van der Waals surface area contributed by atoms with Crippen LogP contribution in [0.3, 0.4) is 0 Å². The number of ether oxygens (including phenoxy) is 2. The number of aromatic nitrogens is 1. The molecule has 1 aromatic heterocycles. The minimum Gasteiger partial charge on any atom is -0.493 e. The molecule has 36 heavy (non-hydrogen) atoms. The number of carboxylic acid groups (broad SMARTS) is 1. The van der Waals surface area contributed by atoms with Crippen LogP contribution in [0.4, 0.5) is 0 Å². The number of aliphatic carboxylic acids is 1. The molecule has 184 valence electrons. The molecule has 1 N–H and O–H groups in total. The van der Waals surface area contributed by atoms with E-state index in [1.54, 1.807) is 7.11 Å². The third-order valence-corrected chi connectivity index (χ3v) is 6.84. The van der Waals surface area contributed by atoms with E-state index in [1.165, 1.54) is 0 Å². The number of pyridine rings is 1. The maximum absolute atomic E-state index is 11.8. The molecule has 2 heterocycles. The van der Waals surface area contributed by atoms with Crippen LogP contribution in [-0.4, -0.2) is 41.2 Å². The molecule has 0 saturated carbocycles. The van der Waals surface area contributed by atoms with E-state index in [4.69, 9.17) is 14.5 Å². The maximum atomic E-state index is 11.8. The third-order valence-electron chi connectivity index (χ3n) is 6.84. The average Bonchev–Trinajstić information content (AvgIpc) is 2.93. The fourth-order valence-corrected chi connectivity index (χ4v) is 5.00. The smallest absolute Gasteiger partial charge is 0.307 e. The van der Waals surface area contributed by atoms with Gasteiger partial charge in [-0.1, -0.05) is 54.6 Å². The molecular weight excluding hydrogens is 452 g/mol. The second-order valence-electron chi connectivity index (χ2n) is 9.22. The molecule has 0 bridgehead atoms. The Labute approximate surface area is 211 Å². The molecule has 0 radical (unpaired) electrons. The Balaban J connectivity index is 1.50. The predicted octanol–water partition coefficient (Wildman–Crippen LogP) is 5.71. The summed E-state index contributed by atoms with van der Waals surface area (Å²) in [6.07, 6.45) is 3.44. The van der Waals surface area contributed by atoms with Crippen LogP contribution in [0.1, 0.15) is 35.6 Å². The van der Waals surface area contributed by atoms with Crippen LogP contribution in [0, 0.1) is 5.92 Å². The van der Waals surface area contributed by atoms with Gasteiger partial charge in [0.05, 0.1) is 24.6 Å². The van der Waals surface area contributed by atoms with Crippen LogP contribution in [0.5, 0.6) is 11.5 Å². The van der Waals surface area contributed by atoms with Gasteiger partial charge in [0.1, 0.15) is 6.61 Å². The Hall–Kier alpha value is -3.90. The van der Waals surface area contributed by atoms with Crippen molar-refractivity contribution in [1.29, 1.82) is 0 Å². The number of piperidine rings is 1. The number of nitrogens with zero attached hydrogens (tertiary/aromatic N) is 2. The van der Waals surface area contributed by atoms with Gasteiger partial charge in [-0.05, 0) is 60.3 Å². The Morgan fingerprint density at radius 1 is 1.03 bits per heavy atom. The Morgan fingerprint density at radius 3 is 2.64 bits per heavy atom. The van der Waals surface area contributed by atoms with Crippen LogP contribution in [-0.2, 0) is 11.4 Å². The zero-order valence-corrected chi connectivity index (χ0v) is 20.3. The zero-order chi connectivity index (χ0) is 24.9. The first-order chi connectivity index (χ1) is 17.6. The van der Waals surface area contributed by atoms with Crippen LogP contribution in [0.2, 0.25) is 0 Å². The molecule has 5 rings (SSSR count). The standard InChI is InChI=1S/C30H30N2O4/c1-35-28-17-23(13-14-27(28)36-20-21-8-3-2-4-9-21)29(32-15-7-11-24(19-32)30(33)34)25-16-22-10-5-6-12-26(22)31-18-25/h2-6,8-10,12-14,16-18,24,29H,7,11,15,19-20H2,1H3,(H,33,34). The van der Waals surface area contributed by atoms with Gasteiger partial charge in [0, 0.05) is 18.1 Å². The van der Waals surface area contributed by atoms with Gasteiger partial charge >= 0.3 is 5.97 Å². The first-order valence-corrected chi connectivity index (χ1v) is 12.3. The third kappa shape index (κ3) is 5.19. The highest BCUT2D eigenvalue weighted by Crippen LogP contribution is 2.38. The van der Waals surface area contributed by atoms with E-state index in [1.807, 2.05) is 72.9 Å². The lowest BCUT2D eigenvalue weighted by Gasteiger charge is -2.37. The summed E-state index contributed by atoms with van der Waals surface area (Å²) in [5, 5.41) is 10.8. The second-order valence-corrected chi connectivity index (χ2v) is 9.22. The highest BCUT2D eigenvalue weighted by atomic mass is 16.5. The molecule has 4 aromatic rings. The van der Waals surface area contributed by atoms with E-state index >= 15 is 0 Å². The number of methoxy groups -OCH3 is 1. The molecule has 0 amide bonds. The number of fused-ring (bicyclic) bond motifs is 1. The molecular formula is C30H30N2O4. The topological polar surface area (TPSA) is 71.9 Å². The minimum atomic E-state index is -0.739. The van der Waals surface area contributed by atoms with Crippen molar-refractivity contribution in [1.82, 2.24) is 9.88 Å². The molecule has 0 spiro atoms. The van der Waals surface area contributed by atoms with E-state index in [9.17, 15) is 9.90 Å². The maximum Gasteiger partial charge on any atom is 0.307 e. The van der Waals surface area contributed by atoms with Crippen molar-refractivity contribution in [3.8, 4) is 11.5 Å². The van der Waals surface area contributed by atoms with Crippen LogP contribution in [0.25, 0.3) is 10.9 Å². The molecule has 1 fully saturated rings. The average molecular weight is 483 g/mol. The lowest BCUT2D eigenvalue weighted by atomic mass is 9.91. The molecule has 1 aliphatic rings.